The van der Waals surface area contributed by atoms with E-state index in [1.807, 2.05) is 0 Å². The standard InChI is InChI=1S/C13H16O5S/c1-4-12(14)10-5-7-11(8-6-10)19(16,17)9(2)13(15)18-3/h5-9H,4H2,1-3H3. The van der Waals surface area contributed by atoms with E-state index in [9.17, 15) is 18.0 Å². The van der Waals surface area contributed by atoms with Crippen molar-refractivity contribution in [1.29, 1.82) is 0 Å². The third-order valence-electron chi connectivity index (χ3n) is 2.82. The molecular weight excluding hydrogens is 268 g/mol. The molecule has 0 radical (unpaired) electrons. The van der Waals surface area contributed by atoms with Crippen molar-refractivity contribution in [2.24, 2.45) is 0 Å². The maximum atomic E-state index is 12.1. The summed E-state index contributed by atoms with van der Waals surface area (Å²) in [4.78, 5) is 22.7. The first kappa shape index (κ1) is 15.4. The van der Waals surface area contributed by atoms with Gasteiger partial charge in [0.25, 0.3) is 0 Å². The van der Waals surface area contributed by atoms with Crippen molar-refractivity contribution in [3.8, 4) is 0 Å². The van der Waals surface area contributed by atoms with Gasteiger partial charge in [0, 0.05) is 12.0 Å². The third-order valence-corrected chi connectivity index (χ3v) is 4.88. The Balaban J connectivity index is 3.10. The number of rotatable bonds is 5. The highest BCUT2D eigenvalue weighted by molar-refractivity contribution is 7.92. The van der Waals surface area contributed by atoms with Crippen LogP contribution in [0.1, 0.15) is 30.6 Å². The van der Waals surface area contributed by atoms with Gasteiger partial charge in [-0.25, -0.2) is 8.42 Å². The van der Waals surface area contributed by atoms with Crippen molar-refractivity contribution in [2.75, 3.05) is 7.11 Å². The zero-order chi connectivity index (χ0) is 14.6. The van der Waals surface area contributed by atoms with Gasteiger partial charge in [-0.15, -0.1) is 0 Å². The summed E-state index contributed by atoms with van der Waals surface area (Å²) in [6.45, 7) is 3.00. The molecule has 1 aromatic rings. The summed E-state index contributed by atoms with van der Waals surface area (Å²) in [6, 6.07) is 5.56. The summed E-state index contributed by atoms with van der Waals surface area (Å²) in [6.07, 6.45) is 0.352. The molecule has 1 unspecified atom stereocenters. The lowest BCUT2D eigenvalue weighted by Gasteiger charge is -2.11. The molecule has 19 heavy (non-hydrogen) atoms. The van der Waals surface area contributed by atoms with E-state index < -0.39 is 21.1 Å². The summed E-state index contributed by atoms with van der Waals surface area (Å²) in [5.41, 5.74) is 0.451. The second-order valence-corrected chi connectivity index (χ2v) is 6.28. The molecule has 0 N–H and O–H groups in total. The second-order valence-electron chi connectivity index (χ2n) is 4.01. The molecule has 0 spiro atoms. The summed E-state index contributed by atoms with van der Waals surface area (Å²) < 4.78 is 28.6. The van der Waals surface area contributed by atoms with E-state index in [1.54, 1.807) is 6.92 Å². The van der Waals surface area contributed by atoms with Gasteiger partial charge in [0.1, 0.15) is 0 Å². The largest absolute Gasteiger partial charge is 0.468 e. The number of carbonyl (C=O) groups excluding carboxylic acids is 2. The molecule has 0 aliphatic rings. The average Bonchev–Trinajstić information content (AvgIpc) is 2.44. The van der Waals surface area contributed by atoms with Gasteiger partial charge in [0.05, 0.1) is 12.0 Å². The molecule has 0 fully saturated rings. The minimum absolute atomic E-state index is 0.00180. The van der Waals surface area contributed by atoms with E-state index in [0.29, 0.717) is 12.0 Å². The lowest BCUT2D eigenvalue weighted by atomic mass is 10.1. The number of carbonyl (C=O) groups is 2. The molecule has 0 bridgehead atoms. The van der Waals surface area contributed by atoms with E-state index in [0.717, 1.165) is 7.11 Å². The summed E-state index contributed by atoms with van der Waals surface area (Å²) >= 11 is 0. The van der Waals surface area contributed by atoms with Crippen molar-refractivity contribution < 1.29 is 22.7 Å². The van der Waals surface area contributed by atoms with Crippen molar-refractivity contribution in [1.82, 2.24) is 0 Å². The second kappa shape index (κ2) is 5.97. The molecule has 0 amide bonds. The van der Waals surface area contributed by atoms with Crippen LogP contribution in [0.5, 0.6) is 0 Å². The fraction of sp³-hybridized carbons (Fsp3) is 0.385. The average molecular weight is 284 g/mol. The number of methoxy groups -OCH3 is 1. The number of sulfone groups is 1. The van der Waals surface area contributed by atoms with Crippen LogP contribution < -0.4 is 0 Å². The predicted molar refractivity (Wildman–Crippen MR) is 69.7 cm³/mol. The fourth-order valence-corrected chi connectivity index (χ4v) is 2.80. The molecular formula is C13H16O5S. The topological polar surface area (TPSA) is 77.5 Å². The Morgan fingerprint density at radius 3 is 2.16 bits per heavy atom. The van der Waals surface area contributed by atoms with Crippen LogP contribution in [0.2, 0.25) is 0 Å². The van der Waals surface area contributed by atoms with Gasteiger partial charge in [-0.3, -0.25) is 9.59 Å². The van der Waals surface area contributed by atoms with Gasteiger partial charge in [0.2, 0.25) is 0 Å². The van der Waals surface area contributed by atoms with Crippen molar-refractivity contribution in [3.63, 3.8) is 0 Å². The highest BCUT2D eigenvalue weighted by atomic mass is 32.2. The molecule has 5 nitrogen and oxygen atoms in total. The van der Waals surface area contributed by atoms with Gasteiger partial charge >= 0.3 is 5.97 Å². The summed E-state index contributed by atoms with van der Waals surface area (Å²) in [5, 5.41) is -1.27. The van der Waals surface area contributed by atoms with Crippen molar-refractivity contribution >= 4 is 21.6 Å². The number of ether oxygens (including phenoxy) is 1. The molecule has 0 saturated carbocycles. The smallest absolute Gasteiger partial charge is 0.324 e. The molecule has 0 aliphatic heterocycles. The minimum atomic E-state index is -3.79. The first-order chi connectivity index (χ1) is 8.84. The van der Waals surface area contributed by atoms with E-state index in [2.05, 4.69) is 4.74 Å². The van der Waals surface area contributed by atoms with Crippen LogP contribution in [-0.2, 0) is 19.4 Å². The van der Waals surface area contributed by atoms with E-state index >= 15 is 0 Å². The normalized spacial score (nSPS) is 12.8. The summed E-state index contributed by atoms with van der Waals surface area (Å²) in [5.74, 6) is -0.876. The van der Waals surface area contributed by atoms with E-state index in [1.165, 1.54) is 31.2 Å². The van der Waals surface area contributed by atoms with Gasteiger partial charge < -0.3 is 4.74 Å². The molecule has 0 heterocycles. The Morgan fingerprint density at radius 2 is 1.74 bits per heavy atom. The Kier molecular flexibility index (Phi) is 4.83. The third kappa shape index (κ3) is 3.20. The molecule has 0 aromatic heterocycles. The number of hydrogen-bond acceptors (Lipinski definition) is 5. The van der Waals surface area contributed by atoms with Gasteiger partial charge in [-0.05, 0) is 19.1 Å². The molecule has 1 atom stereocenters. The predicted octanol–water partition coefficient (Wildman–Crippen LogP) is 1.61. The molecule has 0 saturated heterocycles. The lowest BCUT2D eigenvalue weighted by molar-refractivity contribution is -0.139. The highest BCUT2D eigenvalue weighted by Gasteiger charge is 2.30. The Hall–Kier alpha value is -1.69. The Morgan fingerprint density at radius 1 is 1.21 bits per heavy atom. The zero-order valence-corrected chi connectivity index (χ0v) is 11.9. The number of ketones is 1. The quantitative estimate of drug-likeness (QED) is 0.606. The van der Waals surface area contributed by atoms with Crippen LogP contribution >= 0.6 is 0 Å². The molecule has 1 aromatic carbocycles. The Bertz CT molecular complexity index is 572. The maximum Gasteiger partial charge on any atom is 0.324 e. The number of benzene rings is 1. The SMILES string of the molecule is CCC(=O)c1ccc(S(=O)(=O)C(C)C(=O)OC)cc1. The van der Waals surface area contributed by atoms with Crippen molar-refractivity contribution in [2.45, 2.75) is 30.4 Å². The highest BCUT2D eigenvalue weighted by Crippen LogP contribution is 2.18. The maximum absolute atomic E-state index is 12.1. The van der Waals surface area contributed by atoms with Gasteiger partial charge in [-0.2, -0.15) is 0 Å². The fourth-order valence-electron chi connectivity index (χ4n) is 1.53. The molecule has 0 aliphatic carbocycles. The molecule has 1 rings (SSSR count). The first-order valence-corrected chi connectivity index (χ1v) is 7.34. The zero-order valence-electron chi connectivity index (χ0n) is 11.0. The van der Waals surface area contributed by atoms with Gasteiger partial charge in [0.15, 0.2) is 20.9 Å². The number of esters is 1. The lowest BCUT2D eigenvalue weighted by Crippen LogP contribution is -2.28. The first-order valence-electron chi connectivity index (χ1n) is 5.79. The molecule has 104 valence electrons. The van der Waals surface area contributed by atoms with Crippen LogP contribution in [0.3, 0.4) is 0 Å². The van der Waals surface area contributed by atoms with E-state index in [4.69, 9.17) is 0 Å². The molecule has 6 heteroatoms. The van der Waals surface area contributed by atoms with Crippen LogP contribution in [-0.4, -0.2) is 32.5 Å². The van der Waals surface area contributed by atoms with Crippen molar-refractivity contribution in [3.05, 3.63) is 29.8 Å². The van der Waals surface area contributed by atoms with Crippen LogP contribution in [0.4, 0.5) is 0 Å². The Labute approximate surface area is 112 Å². The van der Waals surface area contributed by atoms with Crippen LogP contribution in [0, 0.1) is 0 Å². The minimum Gasteiger partial charge on any atom is -0.468 e. The number of Topliss-reactive ketones (excluding diaryl/α,β-unsaturated/α-hetero) is 1. The monoisotopic (exact) mass is 284 g/mol. The summed E-state index contributed by atoms with van der Waals surface area (Å²) in [7, 11) is -2.65. The van der Waals surface area contributed by atoms with Crippen LogP contribution in [0.15, 0.2) is 29.2 Å². The van der Waals surface area contributed by atoms with Crippen LogP contribution in [0.25, 0.3) is 0 Å². The van der Waals surface area contributed by atoms with Gasteiger partial charge in [-0.1, -0.05) is 19.1 Å². The number of hydrogen-bond donors (Lipinski definition) is 0. The van der Waals surface area contributed by atoms with E-state index in [-0.39, 0.29) is 10.7 Å².